The lowest BCUT2D eigenvalue weighted by molar-refractivity contribution is -0.118. The Bertz CT molecular complexity index is 1540. The van der Waals surface area contributed by atoms with Crippen molar-refractivity contribution in [1.82, 2.24) is 13.9 Å². The molecule has 34 heavy (non-hydrogen) atoms. The van der Waals surface area contributed by atoms with Crippen molar-refractivity contribution in [2.24, 2.45) is 12.0 Å². The van der Waals surface area contributed by atoms with Gasteiger partial charge in [-0.15, -0.1) is 17.9 Å². The first-order valence-corrected chi connectivity index (χ1v) is 11.6. The van der Waals surface area contributed by atoms with Gasteiger partial charge in [0.2, 0.25) is 0 Å². The molecule has 0 saturated carbocycles. The van der Waals surface area contributed by atoms with Gasteiger partial charge >= 0.3 is 0 Å². The van der Waals surface area contributed by atoms with Crippen LogP contribution in [0.15, 0.2) is 76.4 Å². The molecular weight excluding hydrogens is 450 g/mol. The number of benzene rings is 2. The van der Waals surface area contributed by atoms with Gasteiger partial charge in [0, 0.05) is 24.5 Å². The van der Waals surface area contributed by atoms with Crippen LogP contribution in [-0.4, -0.2) is 26.4 Å². The van der Waals surface area contributed by atoms with Gasteiger partial charge in [-0.05, 0) is 37.3 Å². The maximum Gasteiger partial charge on any atom is 0.297 e. The Labute approximate surface area is 199 Å². The number of nitrogens with one attached hydrogen (secondary N) is 1. The van der Waals surface area contributed by atoms with Gasteiger partial charge in [0.25, 0.3) is 11.5 Å². The lowest BCUT2D eigenvalue weighted by Crippen LogP contribution is -2.25. The summed E-state index contributed by atoms with van der Waals surface area (Å²) < 4.78 is 10.9. The van der Waals surface area contributed by atoms with Crippen LogP contribution in [0.25, 0.3) is 16.9 Å². The quantitative estimate of drug-likeness (QED) is 0.448. The molecule has 9 heteroatoms. The molecule has 0 atom stereocenters. The number of hydrogen-bond donors (Lipinski definition) is 1. The first kappa shape index (κ1) is 21.7. The highest BCUT2D eigenvalue weighted by molar-refractivity contribution is 7.07. The molecule has 2 aromatic carbocycles. The van der Waals surface area contributed by atoms with Crippen molar-refractivity contribution >= 4 is 28.6 Å². The van der Waals surface area contributed by atoms with Gasteiger partial charge in [-0.3, -0.25) is 14.3 Å². The lowest BCUT2D eigenvalue weighted by Gasteiger charge is -2.18. The number of anilines is 1. The van der Waals surface area contributed by atoms with Crippen LogP contribution in [0, 0.1) is 6.92 Å². The van der Waals surface area contributed by atoms with Gasteiger partial charge in [0.05, 0.1) is 22.8 Å². The van der Waals surface area contributed by atoms with Gasteiger partial charge in [-0.1, -0.05) is 24.3 Å². The van der Waals surface area contributed by atoms with E-state index in [4.69, 9.17) is 9.73 Å². The first-order valence-electron chi connectivity index (χ1n) is 10.7. The summed E-state index contributed by atoms with van der Waals surface area (Å²) in [5.41, 5.74) is 4.20. The van der Waals surface area contributed by atoms with Gasteiger partial charge in [0.1, 0.15) is 5.75 Å². The molecular formula is C25H23N5O3S. The molecule has 1 amide bonds. The number of carbonyl (C=O) groups excluding carboxylic acids is 1. The molecule has 5 rings (SSSR count). The van der Waals surface area contributed by atoms with E-state index < -0.39 is 0 Å². The summed E-state index contributed by atoms with van der Waals surface area (Å²) in [7, 11) is 1.85. The largest absolute Gasteiger partial charge is 0.482 e. The summed E-state index contributed by atoms with van der Waals surface area (Å²) in [4.78, 5) is 30.5. The van der Waals surface area contributed by atoms with Crippen LogP contribution >= 0.6 is 11.3 Å². The zero-order chi connectivity index (χ0) is 23.8. The van der Waals surface area contributed by atoms with Crippen molar-refractivity contribution in [3.05, 3.63) is 87.4 Å². The Kier molecular flexibility index (Phi) is 5.54. The van der Waals surface area contributed by atoms with Crippen LogP contribution < -0.4 is 20.4 Å². The van der Waals surface area contributed by atoms with Crippen molar-refractivity contribution in [3.63, 3.8) is 0 Å². The summed E-state index contributed by atoms with van der Waals surface area (Å²) in [6, 6.07) is 15.2. The number of nitrogens with zero attached hydrogens (tertiary/aromatic N) is 4. The normalized spacial score (nSPS) is 13.4. The number of ether oxygens (including phenoxy) is 1. The fraction of sp³-hybridized carbons (Fsp3) is 0.160. The molecule has 0 saturated heterocycles. The van der Waals surface area contributed by atoms with Crippen LogP contribution in [0.2, 0.25) is 0 Å². The fourth-order valence-electron chi connectivity index (χ4n) is 3.98. The van der Waals surface area contributed by atoms with E-state index in [1.54, 1.807) is 10.8 Å². The highest BCUT2D eigenvalue weighted by atomic mass is 32.1. The number of amides is 1. The van der Waals surface area contributed by atoms with Crippen LogP contribution in [0.3, 0.4) is 0 Å². The summed E-state index contributed by atoms with van der Waals surface area (Å²) in [5, 5.41) is 4.84. The van der Waals surface area contributed by atoms with Crippen LogP contribution in [-0.2, 0) is 18.4 Å². The minimum atomic E-state index is -0.182. The summed E-state index contributed by atoms with van der Waals surface area (Å²) in [5.74, 6) is 0.457. The monoisotopic (exact) mass is 473 g/mol. The SMILES string of the molecule is C=CCn1c(-c2ccc3c(c2)NC(=O)CO3)csc1=Nc1c(C)n(C)n(-c2ccccc2)c1=O. The van der Waals surface area contributed by atoms with E-state index in [1.807, 2.05) is 77.1 Å². The van der Waals surface area contributed by atoms with E-state index in [-0.39, 0.29) is 18.1 Å². The molecule has 0 spiro atoms. The summed E-state index contributed by atoms with van der Waals surface area (Å²) in [6.45, 7) is 6.30. The molecule has 172 valence electrons. The van der Waals surface area contributed by atoms with Crippen molar-refractivity contribution < 1.29 is 9.53 Å². The second-order valence-corrected chi connectivity index (χ2v) is 8.71. The van der Waals surface area contributed by atoms with Crippen LogP contribution in [0.5, 0.6) is 5.75 Å². The fourth-order valence-corrected chi connectivity index (χ4v) is 4.90. The van der Waals surface area contributed by atoms with Gasteiger partial charge in [0.15, 0.2) is 17.1 Å². The van der Waals surface area contributed by atoms with E-state index in [0.717, 1.165) is 22.6 Å². The van der Waals surface area contributed by atoms with Gasteiger partial charge in [-0.2, -0.15) is 0 Å². The Morgan fingerprint density at radius 2 is 2.00 bits per heavy atom. The minimum Gasteiger partial charge on any atom is -0.482 e. The van der Waals surface area contributed by atoms with Gasteiger partial charge < -0.3 is 14.6 Å². The minimum absolute atomic E-state index is 0.0151. The first-order chi connectivity index (χ1) is 16.5. The molecule has 1 aliphatic rings. The molecule has 4 aromatic rings. The number of carbonyl (C=O) groups is 1. The van der Waals surface area contributed by atoms with E-state index >= 15 is 0 Å². The van der Waals surface area contributed by atoms with Crippen molar-refractivity contribution in [2.75, 3.05) is 11.9 Å². The number of aromatic nitrogens is 3. The van der Waals surface area contributed by atoms with E-state index in [9.17, 15) is 9.59 Å². The van der Waals surface area contributed by atoms with Crippen LogP contribution in [0.1, 0.15) is 5.69 Å². The molecule has 0 bridgehead atoms. The number of para-hydroxylation sites is 1. The molecule has 0 radical (unpaired) electrons. The maximum atomic E-state index is 13.3. The maximum absolute atomic E-state index is 13.3. The Balaban J connectivity index is 1.64. The van der Waals surface area contributed by atoms with Crippen molar-refractivity contribution in [1.29, 1.82) is 0 Å². The average molecular weight is 474 g/mol. The van der Waals surface area contributed by atoms with E-state index in [0.29, 0.717) is 28.5 Å². The molecule has 3 heterocycles. The van der Waals surface area contributed by atoms with Gasteiger partial charge in [-0.25, -0.2) is 9.67 Å². The number of fused-ring (bicyclic) bond motifs is 1. The third kappa shape index (κ3) is 3.69. The van der Waals surface area contributed by atoms with E-state index in [2.05, 4.69) is 11.9 Å². The zero-order valence-corrected chi connectivity index (χ0v) is 19.6. The molecule has 8 nitrogen and oxygen atoms in total. The summed E-state index contributed by atoms with van der Waals surface area (Å²) in [6.07, 6.45) is 1.79. The lowest BCUT2D eigenvalue weighted by atomic mass is 10.1. The predicted molar refractivity (Wildman–Crippen MR) is 133 cm³/mol. The third-order valence-corrected chi connectivity index (χ3v) is 6.61. The number of allylic oxidation sites excluding steroid dienone is 1. The third-order valence-electron chi connectivity index (χ3n) is 5.75. The molecule has 1 aliphatic heterocycles. The number of rotatable bonds is 5. The second-order valence-electron chi connectivity index (χ2n) is 7.87. The topological polar surface area (TPSA) is 82.6 Å². The smallest absolute Gasteiger partial charge is 0.297 e. The highest BCUT2D eigenvalue weighted by Gasteiger charge is 2.19. The number of thiazole rings is 1. The van der Waals surface area contributed by atoms with Crippen LogP contribution in [0.4, 0.5) is 11.4 Å². The molecule has 2 aromatic heterocycles. The Hall–Kier alpha value is -4.11. The molecule has 0 fully saturated rings. The van der Waals surface area contributed by atoms with Crippen molar-refractivity contribution in [3.8, 4) is 22.7 Å². The Morgan fingerprint density at radius 1 is 1.21 bits per heavy atom. The standard InChI is InChI=1S/C25H23N5O3S/c1-4-12-29-20(17-10-11-21-19(13-17)26-22(31)14-33-21)15-34-25(29)27-23-16(2)28(3)30(24(23)32)18-8-6-5-7-9-18/h4-11,13,15H,1,12,14H2,2-3H3,(H,26,31). The highest BCUT2D eigenvalue weighted by Crippen LogP contribution is 2.33. The molecule has 0 aliphatic carbocycles. The van der Waals surface area contributed by atoms with E-state index in [1.165, 1.54) is 11.3 Å². The average Bonchev–Trinajstić information content (AvgIpc) is 3.33. The molecule has 0 unspecified atom stereocenters. The predicted octanol–water partition coefficient (Wildman–Crippen LogP) is 3.76. The van der Waals surface area contributed by atoms with Crippen molar-refractivity contribution in [2.45, 2.75) is 13.5 Å². The summed E-state index contributed by atoms with van der Waals surface area (Å²) >= 11 is 1.44. The zero-order valence-electron chi connectivity index (χ0n) is 18.8. The Morgan fingerprint density at radius 3 is 2.76 bits per heavy atom. The molecule has 1 N–H and O–H groups in total. The second kappa shape index (κ2) is 8.68. The number of hydrogen-bond acceptors (Lipinski definition) is 5.